The van der Waals surface area contributed by atoms with Crippen molar-refractivity contribution in [1.29, 1.82) is 0 Å². The normalized spacial score (nSPS) is 26.3. The number of aromatic nitrogens is 1. The van der Waals surface area contributed by atoms with Crippen LogP contribution in [0.2, 0.25) is 0 Å². The van der Waals surface area contributed by atoms with E-state index in [0.717, 1.165) is 24.1 Å². The number of para-hydroxylation sites is 2. The van der Waals surface area contributed by atoms with E-state index in [9.17, 15) is 8.78 Å². The molecule has 1 fully saturated rings. The largest absolute Gasteiger partial charge is 0.440 e. The van der Waals surface area contributed by atoms with Crippen molar-refractivity contribution in [1.82, 2.24) is 9.99 Å². The van der Waals surface area contributed by atoms with Gasteiger partial charge in [0.15, 0.2) is 5.58 Å². The summed E-state index contributed by atoms with van der Waals surface area (Å²) in [7, 11) is 0. The summed E-state index contributed by atoms with van der Waals surface area (Å²) in [5, 5.41) is 6.18. The highest BCUT2D eigenvalue weighted by Gasteiger charge is 2.44. The van der Waals surface area contributed by atoms with Gasteiger partial charge in [0, 0.05) is 37.3 Å². The second-order valence-electron chi connectivity index (χ2n) is 6.34. The molecule has 1 aromatic heterocycles. The predicted molar refractivity (Wildman–Crippen MR) is 91.5 cm³/mol. The first-order valence-electron chi connectivity index (χ1n) is 8.24. The fourth-order valence-corrected chi connectivity index (χ4v) is 4.75. The summed E-state index contributed by atoms with van der Waals surface area (Å²) in [4.78, 5) is 4.44. The van der Waals surface area contributed by atoms with Crippen LogP contribution in [0, 0.1) is 0 Å². The van der Waals surface area contributed by atoms with Gasteiger partial charge in [-0.2, -0.15) is 5.10 Å². The Hall–Kier alpha value is -1.63. The van der Waals surface area contributed by atoms with Crippen LogP contribution in [-0.4, -0.2) is 40.0 Å². The van der Waals surface area contributed by atoms with E-state index in [1.54, 1.807) is 0 Å². The van der Waals surface area contributed by atoms with Gasteiger partial charge < -0.3 is 4.42 Å². The Bertz CT molecular complexity index is 715. The van der Waals surface area contributed by atoms with Crippen LogP contribution in [0.5, 0.6) is 0 Å². The molecule has 1 aliphatic heterocycles. The highest BCUT2D eigenvalue weighted by Crippen LogP contribution is 2.42. The summed E-state index contributed by atoms with van der Waals surface area (Å²) in [6.45, 7) is 0.830. The lowest BCUT2D eigenvalue weighted by atomic mass is 9.91. The van der Waals surface area contributed by atoms with E-state index >= 15 is 0 Å². The zero-order chi connectivity index (χ0) is 16.6. The second-order valence-corrected chi connectivity index (χ2v) is 7.57. The second kappa shape index (κ2) is 6.35. The first-order valence-corrected chi connectivity index (χ1v) is 9.29. The molecule has 4 nitrogen and oxygen atoms in total. The molecule has 0 saturated heterocycles. The molecule has 0 spiro atoms. The van der Waals surface area contributed by atoms with Gasteiger partial charge in [-0.05, 0) is 18.6 Å². The van der Waals surface area contributed by atoms with Crippen LogP contribution in [0.3, 0.4) is 0 Å². The topological polar surface area (TPSA) is 41.6 Å². The average molecular weight is 351 g/mol. The lowest BCUT2D eigenvalue weighted by Crippen LogP contribution is -2.45. The van der Waals surface area contributed by atoms with Crippen molar-refractivity contribution in [3.63, 3.8) is 0 Å². The average Bonchev–Trinajstić information content (AvgIpc) is 3.21. The van der Waals surface area contributed by atoms with Crippen LogP contribution in [0.4, 0.5) is 8.78 Å². The van der Waals surface area contributed by atoms with Crippen molar-refractivity contribution >= 4 is 29.1 Å². The Morgan fingerprint density at radius 3 is 3.00 bits per heavy atom. The number of halogens is 2. The summed E-state index contributed by atoms with van der Waals surface area (Å²) in [6, 6.07) is 7.63. The minimum atomic E-state index is -2.58. The standard InChI is InChI=1S/C17H19F2N3OS/c18-17(19)7-6-13(22-9-3-8-20-22)15(10-17)24-11-16-21-12-4-1-2-5-14(12)23-16/h1-2,4-5,8,13,15H,3,6-7,9-11H2. The van der Waals surface area contributed by atoms with Crippen molar-refractivity contribution in [2.24, 2.45) is 5.10 Å². The highest BCUT2D eigenvalue weighted by molar-refractivity contribution is 7.99. The lowest BCUT2D eigenvalue weighted by molar-refractivity contribution is -0.0494. The quantitative estimate of drug-likeness (QED) is 0.823. The lowest BCUT2D eigenvalue weighted by Gasteiger charge is -2.39. The van der Waals surface area contributed by atoms with Crippen LogP contribution in [0.25, 0.3) is 11.1 Å². The molecule has 2 heterocycles. The first-order chi connectivity index (χ1) is 11.6. The van der Waals surface area contributed by atoms with Gasteiger partial charge in [0.05, 0.1) is 11.8 Å². The number of rotatable bonds is 4. The summed E-state index contributed by atoms with van der Waals surface area (Å²) in [5.41, 5.74) is 1.55. The summed E-state index contributed by atoms with van der Waals surface area (Å²) < 4.78 is 33.5. The fraction of sp³-hybridized carbons (Fsp3) is 0.529. The van der Waals surface area contributed by atoms with Crippen LogP contribution in [0.15, 0.2) is 33.8 Å². The summed E-state index contributed by atoms with van der Waals surface area (Å²) in [6.07, 6.45) is 3.10. The monoisotopic (exact) mass is 351 g/mol. The number of hydrazone groups is 1. The van der Waals surface area contributed by atoms with Gasteiger partial charge in [0.2, 0.25) is 11.8 Å². The third-order valence-corrected chi connectivity index (χ3v) is 5.92. The van der Waals surface area contributed by atoms with Crippen molar-refractivity contribution in [2.45, 2.75) is 48.7 Å². The number of hydrogen-bond donors (Lipinski definition) is 0. The van der Waals surface area contributed by atoms with Crippen molar-refractivity contribution in [3.05, 3.63) is 30.2 Å². The van der Waals surface area contributed by atoms with E-state index in [4.69, 9.17) is 4.42 Å². The molecule has 2 aromatic rings. The summed E-state index contributed by atoms with van der Waals surface area (Å²) in [5.74, 6) is -1.48. The number of hydrogen-bond acceptors (Lipinski definition) is 5. The molecule has 24 heavy (non-hydrogen) atoms. The zero-order valence-corrected chi connectivity index (χ0v) is 14.0. The Kier molecular flexibility index (Phi) is 4.20. The molecular formula is C17H19F2N3OS. The molecule has 7 heteroatoms. The van der Waals surface area contributed by atoms with Crippen LogP contribution in [0.1, 0.15) is 31.6 Å². The van der Waals surface area contributed by atoms with Gasteiger partial charge in [0.1, 0.15) is 5.52 Å². The molecule has 0 amide bonds. The molecule has 0 bridgehead atoms. The zero-order valence-electron chi connectivity index (χ0n) is 13.2. The SMILES string of the molecule is FC1(F)CCC(N2CCC=N2)C(SCc2nc3ccccc3o2)C1. The number of oxazole rings is 1. The van der Waals surface area contributed by atoms with Gasteiger partial charge in [-0.3, -0.25) is 5.01 Å². The molecule has 0 radical (unpaired) electrons. The van der Waals surface area contributed by atoms with Gasteiger partial charge in [-0.15, -0.1) is 11.8 Å². The fourth-order valence-electron chi connectivity index (χ4n) is 3.41. The Labute approximate surface area is 143 Å². The number of benzene rings is 1. The number of nitrogens with zero attached hydrogens (tertiary/aromatic N) is 3. The van der Waals surface area contributed by atoms with Crippen molar-refractivity contribution in [2.75, 3.05) is 6.54 Å². The Balaban J connectivity index is 1.47. The minimum Gasteiger partial charge on any atom is -0.440 e. The van der Waals surface area contributed by atoms with E-state index in [1.807, 2.05) is 35.5 Å². The molecule has 2 aliphatic rings. The van der Waals surface area contributed by atoms with Crippen molar-refractivity contribution < 1.29 is 13.2 Å². The predicted octanol–water partition coefficient (Wildman–Crippen LogP) is 4.31. The first kappa shape index (κ1) is 15.9. The van der Waals surface area contributed by atoms with E-state index < -0.39 is 5.92 Å². The van der Waals surface area contributed by atoms with Gasteiger partial charge in [-0.25, -0.2) is 13.8 Å². The Morgan fingerprint density at radius 2 is 2.21 bits per heavy atom. The molecule has 0 N–H and O–H groups in total. The van der Waals surface area contributed by atoms with Gasteiger partial charge in [-0.1, -0.05) is 12.1 Å². The molecule has 1 aromatic carbocycles. The van der Waals surface area contributed by atoms with E-state index in [0.29, 0.717) is 18.1 Å². The number of fused-ring (bicyclic) bond motifs is 1. The molecular weight excluding hydrogens is 332 g/mol. The van der Waals surface area contributed by atoms with E-state index in [2.05, 4.69) is 10.1 Å². The molecule has 1 saturated carbocycles. The smallest absolute Gasteiger partial charge is 0.249 e. The maximum atomic E-state index is 13.9. The van der Waals surface area contributed by atoms with Crippen LogP contribution in [-0.2, 0) is 5.75 Å². The molecule has 1 aliphatic carbocycles. The maximum Gasteiger partial charge on any atom is 0.249 e. The summed E-state index contributed by atoms with van der Waals surface area (Å²) >= 11 is 1.51. The van der Waals surface area contributed by atoms with E-state index in [-0.39, 0.29) is 24.1 Å². The molecule has 4 rings (SSSR count). The molecule has 2 atom stereocenters. The third-order valence-electron chi connectivity index (χ3n) is 4.59. The minimum absolute atomic E-state index is 0.0520. The van der Waals surface area contributed by atoms with Gasteiger partial charge >= 0.3 is 0 Å². The van der Waals surface area contributed by atoms with Crippen LogP contribution < -0.4 is 0 Å². The van der Waals surface area contributed by atoms with Gasteiger partial charge in [0.25, 0.3) is 0 Å². The highest BCUT2D eigenvalue weighted by atomic mass is 32.2. The van der Waals surface area contributed by atoms with Crippen molar-refractivity contribution in [3.8, 4) is 0 Å². The maximum absolute atomic E-state index is 13.9. The third kappa shape index (κ3) is 3.27. The molecule has 128 valence electrons. The molecule has 2 unspecified atom stereocenters. The Morgan fingerprint density at radius 1 is 1.33 bits per heavy atom. The number of alkyl halides is 2. The van der Waals surface area contributed by atoms with E-state index in [1.165, 1.54) is 11.8 Å². The number of thioether (sulfide) groups is 1. The van der Waals surface area contributed by atoms with Crippen LogP contribution >= 0.6 is 11.8 Å².